The van der Waals surface area contributed by atoms with E-state index in [4.69, 9.17) is 0 Å². The van der Waals surface area contributed by atoms with Crippen molar-refractivity contribution in [2.75, 3.05) is 0 Å². The van der Waals surface area contributed by atoms with Gasteiger partial charge in [-0.15, -0.1) is 11.8 Å². The van der Waals surface area contributed by atoms with E-state index in [2.05, 4.69) is 43.4 Å². The van der Waals surface area contributed by atoms with Crippen LogP contribution in [0.25, 0.3) is 0 Å². The summed E-state index contributed by atoms with van der Waals surface area (Å²) in [6.07, 6.45) is 4.75. The highest BCUT2D eigenvalue weighted by molar-refractivity contribution is 8.00. The molecular weight excluding hydrogens is 292 g/mol. The van der Waals surface area contributed by atoms with Crippen LogP contribution >= 0.6 is 11.8 Å². The first-order chi connectivity index (χ1) is 10.5. The number of nitrogens with one attached hydrogen (secondary N) is 1. The number of carbonyl (C=O) groups is 1. The van der Waals surface area contributed by atoms with E-state index >= 15 is 0 Å². The maximum atomic E-state index is 12.4. The minimum Gasteiger partial charge on any atom is -0.337 e. The Morgan fingerprint density at radius 3 is 2.55 bits per heavy atom. The molecule has 1 aromatic rings. The Morgan fingerprint density at radius 1 is 1.27 bits per heavy atom. The Balaban J connectivity index is 1.99. The zero-order valence-corrected chi connectivity index (χ0v) is 14.4. The number of hydrogen-bond donors (Lipinski definition) is 1. The van der Waals surface area contributed by atoms with Gasteiger partial charge in [0.1, 0.15) is 5.54 Å². The topological polar surface area (TPSA) is 52.9 Å². The summed E-state index contributed by atoms with van der Waals surface area (Å²) in [4.78, 5) is 13.5. The lowest BCUT2D eigenvalue weighted by molar-refractivity contribution is -0.121. The van der Waals surface area contributed by atoms with Gasteiger partial charge in [0.2, 0.25) is 5.91 Å². The van der Waals surface area contributed by atoms with Crippen molar-refractivity contribution >= 4 is 17.7 Å². The molecule has 0 heterocycles. The van der Waals surface area contributed by atoms with E-state index in [1.54, 1.807) is 11.8 Å². The second kappa shape index (κ2) is 7.19. The van der Waals surface area contributed by atoms with E-state index in [0.717, 1.165) is 37.0 Å². The molecule has 0 aliphatic heterocycles. The first kappa shape index (κ1) is 16.9. The third-order valence-electron chi connectivity index (χ3n) is 4.44. The van der Waals surface area contributed by atoms with Gasteiger partial charge >= 0.3 is 0 Å². The van der Waals surface area contributed by atoms with Gasteiger partial charge < -0.3 is 5.32 Å². The number of aryl methyl sites for hydroxylation is 2. The molecule has 1 aliphatic rings. The Bertz CT molecular complexity index is 585. The average Bonchev–Trinajstić information content (AvgIpc) is 2.51. The van der Waals surface area contributed by atoms with Gasteiger partial charge in [0.15, 0.2) is 0 Å². The zero-order valence-electron chi connectivity index (χ0n) is 13.6. The molecular formula is C18H24N2OS. The summed E-state index contributed by atoms with van der Waals surface area (Å²) in [5.74, 6) is -0.0355. The van der Waals surface area contributed by atoms with E-state index in [0.29, 0.717) is 0 Å². The molecule has 1 aliphatic carbocycles. The molecule has 1 aromatic carbocycles. The summed E-state index contributed by atoms with van der Waals surface area (Å²) >= 11 is 1.55. The molecule has 0 saturated heterocycles. The van der Waals surface area contributed by atoms with Gasteiger partial charge in [0, 0.05) is 4.90 Å². The maximum Gasteiger partial charge on any atom is 0.234 e. The molecule has 0 bridgehead atoms. The largest absolute Gasteiger partial charge is 0.337 e. The van der Waals surface area contributed by atoms with E-state index in [1.807, 2.05) is 6.92 Å². The van der Waals surface area contributed by atoms with Crippen molar-refractivity contribution in [3.05, 3.63) is 29.3 Å². The molecule has 118 valence electrons. The van der Waals surface area contributed by atoms with Crippen molar-refractivity contribution in [2.24, 2.45) is 0 Å². The molecule has 22 heavy (non-hydrogen) atoms. The molecule has 1 N–H and O–H groups in total. The summed E-state index contributed by atoms with van der Waals surface area (Å²) in [7, 11) is 0. The zero-order chi connectivity index (χ0) is 16.2. The van der Waals surface area contributed by atoms with E-state index in [-0.39, 0.29) is 11.2 Å². The van der Waals surface area contributed by atoms with Crippen LogP contribution in [0.1, 0.15) is 50.2 Å². The van der Waals surface area contributed by atoms with Gasteiger partial charge in [0.25, 0.3) is 0 Å². The third-order valence-corrected chi connectivity index (χ3v) is 5.54. The number of nitriles is 1. The molecule has 2 rings (SSSR count). The smallest absolute Gasteiger partial charge is 0.234 e. The summed E-state index contributed by atoms with van der Waals surface area (Å²) < 4.78 is 0. The third kappa shape index (κ3) is 4.04. The Labute approximate surface area is 137 Å². The number of rotatable bonds is 4. The molecule has 1 fully saturated rings. The van der Waals surface area contributed by atoms with Crippen LogP contribution in [0.5, 0.6) is 0 Å². The van der Waals surface area contributed by atoms with Gasteiger partial charge in [-0.05, 0) is 56.9 Å². The van der Waals surface area contributed by atoms with Gasteiger partial charge in [-0.3, -0.25) is 4.79 Å². The Morgan fingerprint density at radius 2 is 1.95 bits per heavy atom. The van der Waals surface area contributed by atoms with Crippen LogP contribution in [0.4, 0.5) is 0 Å². The second-order valence-electron chi connectivity index (χ2n) is 6.25. The first-order valence-corrected chi connectivity index (χ1v) is 8.81. The molecule has 3 nitrogen and oxygen atoms in total. The average molecular weight is 316 g/mol. The molecule has 0 spiro atoms. The van der Waals surface area contributed by atoms with Crippen molar-refractivity contribution < 1.29 is 4.79 Å². The number of thioether (sulfide) groups is 1. The maximum absolute atomic E-state index is 12.4. The van der Waals surface area contributed by atoms with Crippen LogP contribution in [0.2, 0.25) is 0 Å². The fraction of sp³-hybridized carbons (Fsp3) is 0.556. The van der Waals surface area contributed by atoms with Gasteiger partial charge in [-0.25, -0.2) is 0 Å². The van der Waals surface area contributed by atoms with Crippen LogP contribution < -0.4 is 5.32 Å². The number of nitrogens with zero attached hydrogens (tertiary/aromatic N) is 1. The van der Waals surface area contributed by atoms with Crippen LogP contribution in [-0.4, -0.2) is 16.7 Å². The van der Waals surface area contributed by atoms with Gasteiger partial charge in [0.05, 0.1) is 11.3 Å². The Hall–Kier alpha value is -1.47. The summed E-state index contributed by atoms with van der Waals surface area (Å²) in [6.45, 7) is 6.07. The quantitative estimate of drug-likeness (QED) is 0.850. The van der Waals surface area contributed by atoms with E-state index < -0.39 is 5.54 Å². The lowest BCUT2D eigenvalue weighted by atomic mass is 9.83. The number of benzene rings is 1. The van der Waals surface area contributed by atoms with Gasteiger partial charge in [-0.2, -0.15) is 5.26 Å². The monoisotopic (exact) mass is 316 g/mol. The van der Waals surface area contributed by atoms with Crippen molar-refractivity contribution in [1.82, 2.24) is 5.32 Å². The fourth-order valence-electron chi connectivity index (χ4n) is 2.80. The fourth-order valence-corrected chi connectivity index (χ4v) is 3.77. The minimum absolute atomic E-state index is 0.0355. The van der Waals surface area contributed by atoms with E-state index in [1.165, 1.54) is 11.1 Å². The lowest BCUT2D eigenvalue weighted by Gasteiger charge is -2.32. The van der Waals surface area contributed by atoms with Crippen molar-refractivity contribution in [2.45, 2.75) is 68.6 Å². The molecule has 0 aromatic heterocycles. The predicted octanol–water partition coefficient (Wildman–Crippen LogP) is 4.13. The molecule has 4 heteroatoms. The molecule has 1 saturated carbocycles. The highest BCUT2D eigenvalue weighted by Gasteiger charge is 2.34. The normalized spacial score (nSPS) is 18.3. The standard InChI is InChI=1S/C18H24N2OS/c1-13-7-8-16(11-14(13)2)22-15(3)17(21)20-18(12-19)9-5-4-6-10-18/h7-8,11,15H,4-6,9-10H2,1-3H3,(H,20,21). The van der Waals surface area contributed by atoms with Gasteiger partial charge in [-0.1, -0.05) is 25.3 Å². The highest BCUT2D eigenvalue weighted by atomic mass is 32.2. The Kier molecular flexibility index (Phi) is 5.52. The molecule has 0 radical (unpaired) electrons. The minimum atomic E-state index is -0.645. The second-order valence-corrected chi connectivity index (χ2v) is 7.66. The van der Waals surface area contributed by atoms with Crippen molar-refractivity contribution in [1.29, 1.82) is 5.26 Å². The number of amides is 1. The highest BCUT2D eigenvalue weighted by Crippen LogP contribution is 2.30. The summed E-state index contributed by atoms with van der Waals surface area (Å²) in [5, 5.41) is 12.3. The van der Waals surface area contributed by atoms with Crippen molar-refractivity contribution in [3.8, 4) is 6.07 Å². The number of carbonyl (C=O) groups excluding carboxylic acids is 1. The van der Waals surface area contributed by atoms with Crippen LogP contribution in [0.3, 0.4) is 0 Å². The SMILES string of the molecule is Cc1ccc(SC(C)C(=O)NC2(C#N)CCCCC2)cc1C. The van der Waals surface area contributed by atoms with E-state index in [9.17, 15) is 10.1 Å². The van der Waals surface area contributed by atoms with Crippen LogP contribution in [-0.2, 0) is 4.79 Å². The predicted molar refractivity (Wildman–Crippen MR) is 90.8 cm³/mol. The summed E-state index contributed by atoms with van der Waals surface area (Å²) in [6, 6.07) is 8.59. The number of hydrogen-bond acceptors (Lipinski definition) is 3. The molecule has 1 atom stereocenters. The molecule has 1 amide bonds. The van der Waals surface area contributed by atoms with Crippen molar-refractivity contribution in [3.63, 3.8) is 0 Å². The summed E-state index contributed by atoms with van der Waals surface area (Å²) in [5.41, 5.74) is 1.85. The van der Waals surface area contributed by atoms with Crippen LogP contribution in [0, 0.1) is 25.2 Å². The first-order valence-electron chi connectivity index (χ1n) is 7.93. The lowest BCUT2D eigenvalue weighted by Crippen LogP contribution is -2.50. The molecule has 1 unspecified atom stereocenters. The van der Waals surface area contributed by atoms with Crippen LogP contribution in [0.15, 0.2) is 23.1 Å².